The summed E-state index contributed by atoms with van der Waals surface area (Å²) in [7, 11) is 1.40. The number of guanidine groups is 1. The highest BCUT2D eigenvalue weighted by Gasteiger charge is 2.27. The summed E-state index contributed by atoms with van der Waals surface area (Å²) < 4.78 is 10.9. The molecule has 0 bridgehead atoms. The summed E-state index contributed by atoms with van der Waals surface area (Å²) in [5, 5.41) is 6.66. The Morgan fingerprint density at radius 1 is 1.32 bits per heavy atom. The molecule has 2 N–H and O–H groups in total. The van der Waals surface area contributed by atoms with Gasteiger partial charge in [-0.05, 0) is 32.3 Å². The molecule has 1 fully saturated rings. The van der Waals surface area contributed by atoms with Crippen LogP contribution in [-0.2, 0) is 14.3 Å². The van der Waals surface area contributed by atoms with E-state index in [2.05, 4.69) is 46.8 Å². The summed E-state index contributed by atoms with van der Waals surface area (Å²) >= 11 is 0. The molecule has 6 nitrogen and oxygen atoms in total. The molecule has 1 saturated heterocycles. The SMILES string of the molecule is CCNC(=NCC(C)C(=O)OC)NCC1CCCOC1c1ccc(C)cc1.I. The second-order valence-corrected chi connectivity index (χ2v) is 7.13. The zero-order valence-corrected chi connectivity index (χ0v) is 19.7. The highest BCUT2D eigenvalue weighted by Crippen LogP contribution is 2.33. The number of hydrogen-bond acceptors (Lipinski definition) is 4. The van der Waals surface area contributed by atoms with Crippen molar-refractivity contribution in [3.8, 4) is 0 Å². The van der Waals surface area contributed by atoms with Gasteiger partial charge < -0.3 is 20.1 Å². The molecule has 1 aromatic carbocycles. The lowest BCUT2D eigenvalue weighted by Gasteiger charge is -2.32. The number of halogens is 1. The van der Waals surface area contributed by atoms with Gasteiger partial charge in [0.2, 0.25) is 0 Å². The maximum Gasteiger partial charge on any atom is 0.310 e. The molecule has 158 valence electrons. The van der Waals surface area contributed by atoms with Crippen LogP contribution < -0.4 is 10.6 Å². The van der Waals surface area contributed by atoms with Gasteiger partial charge in [0, 0.05) is 25.6 Å². The van der Waals surface area contributed by atoms with Crippen molar-refractivity contribution in [3.05, 3.63) is 35.4 Å². The highest BCUT2D eigenvalue weighted by molar-refractivity contribution is 14.0. The summed E-state index contributed by atoms with van der Waals surface area (Å²) in [4.78, 5) is 16.1. The lowest BCUT2D eigenvalue weighted by Crippen LogP contribution is -2.42. The minimum Gasteiger partial charge on any atom is -0.469 e. The maximum atomic E-state index is 11.6. The second-order valence-electron chi connectivity index (χ2n) is 7.13. The van der Waals surface area contributed by atoms with Crippen molar-refractivity contribution >= 4 is 35.9 Å². The third kappa shape index (κ3) is 7.58. The van der Waals surface area contributed by atoms with Gasteiger partial charge >= 0.3 is 5.97 Å². The molecule has 0 aliphatic carbocycles. The summed E-state index contributed by atoms with van der Waals surface area (Å²) in [6.07, 6.45) is 2.29. The van der Waals surface area contributed by atoms with E-state index < -0.39 is 0 Å². The van der Waals surface area contributed by atoms with E-state index in [9.17, 15) is 4.79 Å². The molecule has 3 atom stereocenters. The average molecular weight is 503 g/mol. The lowest BCUT2D eigenvalue weighted by molar-refractivity contribution is -0.144. The first-order valence-electron chi connectivity index (χ1n) is 9.83. The number of esters is 1. The number of nitrogens with one attached hydrogen (secondary N) is 2. The first-order chi connectivity index (χ1) is 13.0. The number of nitrogens with zero attached hydrogens (tertiary/aromatic N) is 1. The van der Waals surface area contributed by atoms with Gasteiger partial charge in [0.15, 0.2) is 5.96 Å². The molecule has 28 heavy (non-hydrogen) atoms. The number of rotatable bonds is 7. The zero-order valence-electron chi connectivity index (χ0n) is 17.4. The standard InChI is InChI=1S/C21H33N3O3.HI/c1-5-22-21(23-13-16(3)20(25)26-4)24-14-18-7-6-12-27-19(18)17-10-8-15(2)9-11-17;/h8-11,16,18-19H,5-7,12-14H2,1-4H3,(H2,22,23,24);1H. The van der Waals surface area contributed by atoms with Crippen LogP contribution in [0.15, 0.2) is 29.3 Å². The van der Waals surface area contributed by atoms with E-state index in [-0.39, 0.29) is 42.0 Å². The molecule has 3 unspecified atom stereocenters. The Balaban J connectivity index is 0.00000392. The Hall–Kier alpha value is -1.35. The fourth-order valence-corrected chi connectivity index (χ4v) is 3.25. The molecule has 0 saturated carbocycles. The van der Waals surface area contributed by atoms with E-state index in [1.165, 1.54) is 18.2 Å². The first kappa shape index (κ1) is 24.7. The van der Waals surface area contributed by atoms with Crippen molar-refractivity contribution in [3.63, 3.8) is 0 Å². The number of carbonyl (C=O) groups excluding carboxylic acids is 1. The molecule has 0 radical (unpaired) electrons. The Labute approximate surface area is 185 Å². The minimum absolute atomic E-state index is 0. The number of aliphatic imine (C=N–C) groups is 1. The number of hydrogen-bond donors (Lipinski definition) is 2. The average Bonchev–Trinajstić information content (AvgIpc) is 2.70. The van der Waals surface area contributed by atoms with Crippen LogP contribution >= 0.6 is 24.0 Å². The molecule has 0 spiro atoms. The van der Waals surface area contributed by atoms with Crippen LogP contribution in [0.25, 0.3) is 0 Å². The summed E-state index contributed by atoms with van der Waals surface area (Å²) in [5.74, 6) is 0.600. The molecule has 1 aliphatic heterocycles. The third-order valence-electron chi connectivity index (χ3n) is 4.85. The zero-order chi connectivity index (χ0) is 19.6. The largest absolute Gasteiger partial charge is 0.469 e. The van der Waals surface area contributed by atoms with Gasteiger partial charge in [-0.1, -0.05) is 36.8 Å². The van der Waals surface area contributed by atoms with Gasteiger partial charge in [-0.2, -0.15) is 0 Å². The fraction of sp³-hybridized carbons (Fsp3) is 0.619. The molecule has 7 heteroatoms. The molecule has 1 aromatic rings. The Morgan fingerprint density at radius 3 is 2.68 bits per heavy atom. The molecule has 2 rings (SSSR count). The minimum atomic E-state index is -0.260. The van der Waals surface area contributed by atoms with Crippen LogP contribution in [0.1, 0.15) is 43.9 Å². The number of carbonyl (C=O) groups is 1. The van der Waals surface area contributed by atoms with Gasteiger partial charge in [0.05, 0.1) is 25.7 Å². The van der Waals surface area contributed by atoms with Gasteiger partial charge in [-0.3, -0.25) is 9.79 Å². The van der Waals surface area contributed by atoms with Crippen LogP contribution in [0, 0.1) is 18.8 Å². The van der Waals surface area contributed by atoms with E-state index in [1.807, 2.05) is 13.8 Å². The van der Waals surface area contributed by atoms with Crippen molar-refractivity contribution in [1.82, 2.24) is 10.6 Å². The number of methoxy groups -OCH3 is 1. The summed E-state index contributed by atoms with van der Waals surface area (Å²) in [6.45, 7) is 8.68. The number of aryl methyl sites for hydroxylation is 1. The Bertz CT molecular complexity index is 622. The third-order valence-corrected chi connectivity index (χ3v) is 4.85. The topological polar surface area (TPSA) is 72.0 Å². The van der Waals surface area contributed by atoms with E-state index in [1.54, 1.807) is 0 Å². The Morgan fingerprint density at radius 2 is 2.04 bits per heavy atom. The monoisotopic (exact) mass is 503 g/mol. The summed E-state index contributed by atoms with van der Waals surface area (Å²) in [5.41, 5.74) is 2.49. The van der Waals surface area contributed by atoms with Crippen molar-refractivity contribution in [2.75, 3.05) is 33.4 Å². The van der Waals surface area contributed by atoms with Gasteiger partial charge in [0.1, 0.15) is 0 Å². The normalized spacial score (nSPS) is 20.6. The fourth-order valence-electron chi connectivity index (χ4n) is 3.25. The molecular weight excluding hydrogens is 469 g/mol. The van der Waals surface area contributed by atoms with Crippen molar-refractivity contribution in [2.24, 2.45) is 16.8 Å². The quantitative estimate of drug-likeness (QED) is 0.258. The number of benzene rings is 1. The van der Waals surface area contributed by atoms with Gasteiger partial charge in [-0.25, -0.2) is 0 Å². The van der Waals surface area contributed by atoms with Crippen molar-refractivity contribution < 1.29 is 14.3 Å². The van der Waals surface area contributed by atoms with E-state index in [4.69, 9.17) is 9.47 Å². The van der Waals surface area contributed by atoms with Crippen LogP contribution in [-0.4, -0.2) is 45.3 Å². The molecule has 1 aliphatic rings. The molecule has 1 heterocycles. The predicted molar refractivity (Wildman–Crippen MR) is 123 cm³/mol. The smallest absolute Gasteiger partial charge is 0.310 e. The molecular formula is C21H34IN3O3. The van der Waals surface area contributed by atoms with E-state index in [0.29, 0.717) is 12.5 Å². The van der Waals surface area contributed by atoms with E-state index >= 15 is 0 Å². The van der Waals surface area contributed by atoms with Crippen molar-refractivity contribution in [2.45, 2.75) is 39.7 Å². The first-order valence-corrected chi connectivity index (χ1v) is 9.83. The summed E-state index contributed by atoms with van der Waals surface area (Å²) in [6, 6.07) is 8.60. The van der Waals surface area contributed by atoms with Crippen LogP contribution in [0.4, 0.5) is 0 Å². The van der Waals surface area contributed by atoms with Gasteiger partial charge in [-0.15, -0.1) is 24.0 Å². The molecule has 0 aromatic heterocycles. The maximum absolute atomic E-state index is 11.6. The predicted octanol–water partition coefficient (Wildman–Crippen LogP) is 3.44. The van der Waals surface area contributed by atoms with E-state index in [0.717, 1.165) is 38.5 Å². The highest BCUT2D eigenvalue weighted by atomic mass is 127. The molecule has 0 amide bonds. The van der Waals surface area contributed by atoms with Crippen molar-refractivity contribution in [1.29, 1.82) is 0 Å². The van der Waals surface area contributed by atoms with Crippen LogP contribution in [0.5, 0.6) is 0 Å². The lowest BCUT2D eigenvalue weighted by atomic mass is 9.89. The Kier molecular flexibility index (Phi) is 11.4. The number of ether oxygens (including phenoxy) is 2. The second kappa shape index (κ2) is 13.0. The van der Waals surface area contributed by atoms with Crippen LogP contribution in [0.3, 0.4) is 0 Å². The van der Waals surface area contributed by atoms with Gasteiger partial charge in [0.25, 0.3) is 0 Å². The van der Waals surface area contributed by atoms with Crippen LogP contribution in [0.2, 0.25) is 0 Å².